The summed E-state index contributed by atoms with van der Waals surface area (Å²) in [5, 5.41) is 11.4. The smallest absolute Gasteiger partial charge is 0.239 e. The van der Waals surface area contributed by atoms with E-state index in [1.165, 1.54) is 11.8 Å². The number of nitrogens with zero attached hydrogens (tertiary/aromatic N) is 3. The van der Waals surface area contributed by atoms with Crippen molar-refractivity contribution in [3.05, 3.63) is 71.8 Å². The molecular weight excluding hydrogens is 398 g/mol. The first-order valence-electron chi connectivity index (χ1n) is 9.42. The maximum atomic E-state index is 12.5. The van der Waals surface area contributed by atoms with E-state index in [0.717, 1.165) is 21.9 Å². The van der Waals surface area contributed by atoms with E-state index in [-0.39, 0.29) is 5.91 Å². The lowest BCUT2D eigenvalue weighted by atomic mass is 10.0. The number of methoxy groups -OCH3 is 2. The molecule has 1 amide bonds. The van der Waals surface area contributed by atoms with Crippen molar-refractivity contribution in [3.63, 3.8) is 0 Å². The highest BCUT2D eigenvalue weighted by molar-refractivity contribution is 8.15. The van der Waals surface area contributed by atoms with Crippen LogP contribution in [0.4, 0.5) is 0 Å². The monoisotopic (exact) mass is 419 g/mol. The maximum absolute atomic E-state index is 12.5. The fraction of sp³-hybridized carbons (Fsp3) is 0.174. The fourth-order valence-corrected chi connectivity index (χ4v) is 4.14. The quantitative estimate of drug-likeness (QED) is 0.441. The van der Waals surface area contributed by atoms with Crippen molar-refractivity contribution in [2.75, 3.05) is 20.0 Å². The van der Waals surface area contributed by atoms with Gasteiger partial charge in [-0.3, -0.25) is 9.69 Å². The van der Waals surface area contributed by atoms with E-state index in [4.69, 9.17) is 9.47 Å². The van der Waals surface area contributed by atoms with E-state index in [1.807, 2.05) is 42.5 Å². The van der Waals surface area contributed by atoms with Gasteiger partial charge in [-0.15, -0.1) is 5.10 Å². The van der Waals surface area contributed by atoms with Crippen LogP contribution < -0.4 is 9.47 Å². The molecule has 1 saturated heterocycles. The van der Waals surface area contributed by atoms with Crippen LogP contribution in [0.5, 0.6) is 11.5 Å². The second-order valence-electron chi connectivity index (χ2n) is 6.65. The number of carbonyl (C=O) groups is 1. The molecule has 7 heteroatoms. The van der Waals surface area contributed by atoms with E-state index in [0.29, 0.717) is 29.0 Å². The number of fused-ring (bicyclic) bond motifs is 1. The Bertz CT molecular complexity index is 1140. The minimum absolute atomic E-state index is 0.0352. The predicted molar refractivity (Wildman–Crippen MR) is 122 cm³/mol. The Morgan fingerprint density at radius 1 is 1.03 bits per heavy atom. The second-order valence-corrected chi connectivity index (χ2v) is 7.59. The number of hydrogen-bond donors (Lipinski definition) is 0. The predicted octanol–water partition coefficient (Wildman–Crippen LogP) is 4.32. The molecule has 1 aliphatic heterocycles. The minimum atomic E-state index is 0.0352. The molecule has 0 aromatic heterocycles. The van der Waals surface area contributed by atoms with E-state index in [9.17, 15) is 4.79 Å². The number of amides is 1. The zero-order chi connectivity index (χ0) is 20.9. The average Bonchev–Trinajstić information content (AvgIpc) is 3.13. The molecule has 1 fully saturated rings. The van der Waals surface area contributed by atoms with Gasteiger partial charge in [0.1, 0.15) is 0 Å². The Labute approximate surface area is 179 Å². The Morgan fingerprint density at radius 2 is 1.83 bits per heavy atom. The lowest BCUT2D eigenvalue weighted by Gasteiger charge is -2.16. The summed E-state index contributed by atoms with van der Waals surface area (Å²) >= 11 is 1.40. The summed E-state index contributed by atoms with van der Waals surface area (Å²) in [5.41, 5.74) is 1.91. The molecule has 0 bridgehead atoms. The Hall–Kier alpha value is -3.32. The van der Waals surface area contributed by atoms with Crippen LogP contribution in [-0.4, -0.2) is 42.2 Å². The zero-order valence-electron chi connectivity index (χ0n) is 16.7. The van der Waals surface area contributed by atoms with Gasteiger partial charge in [0, 0.05) is 0 Å². The first-order chi connectivity index (χ1) is 14.7. The third-order valence-electron chi connectivity index (χ3n) is 4.82. The summed E-state index contributed by atoms with van der Waals surface area (Å²) in [4.78, 5) is 14.1. The summed E-state index contributed by atoms with van der Waals surface area (Å²) < 4.78 is 10.6. The van der Waals surface area contributed by atoms with E-state index < -0.39 is 0 Å². The summed E-state index contributed by atoms with van der Waals surface area (Å²) in [6.07, 6.45) is 1.63. The van der Waals surface area contributed by atoms with Crippen molar-refractivity contribution in [3.8, 4) is 11.5 Å². The van der Waals surface area contributed by atoms with Crippen LogP contribution in [0.3, 0.4) is 0 Å². The molecule has 0 saturated carbocycles. The second kappa shape index (κ2) is 9.00. The van der Waals surface area contributed by atoms with Gasteiger partial charge in [-0.25, -0.2) is 0 Å². The van der Waals surface area contributed by atoms with Crippen molar-refractivity contribution in [2.24, 2.45) is 10.2 Å². The highest BCUT2D eigenvalue weighted by atomic mass is 32.2. The van der Waals surface area contributed by atoms with Gasteiger partial charge in [0.2, 0.25) is 5.91 Å². The molecule has 0 unspecified atom stereocenters. The first-order valence-corrected chi connectivity index (χ1v) is 10.4. The van der Waals surface area contributed by atoms with Gasteiger partial charge in [-0.05, 0) is 40.1 Å². The molecule has 152 valence electrons. The Morgan fingerprint density at radius 3 is 2.67 bits per heavy atom. The largest absolute Gasteiger partial charge is 0.493 e. The van der Waals surface area contributed by atoms with Gasteiger partial charge in [0.05, 0.1) is 32.7 Å². The number of hydrogen-bond acceptors (Lipinski definition) is 6. The van der Waals surface area contributed by atoms with Crippen LogP contribution in [-0.2, 0) is 11.3 Å². The van der Waals surface area contributed by atoms with Crippen molar-refractivity contribution in [2.45, 2.75) is 6.54 Å². The van der Waals surface area contributed by atoms with Crippen LogP contribution >= 0.6 is 11.8 Å². The van der Waals surface area contributed by atoms with Gasteiger partial charge < -0.3 is 9.47 Å². The molecular formula is C23H21N3O3S. The van der Waals surface area contributed by atoms with Gasteiger partial charge in [-0.1, -0.05) is 54.2 Å². The molecule has 3 aromatic rings. The van der Waals surface area contributed by atoms with Gasteiger partial charge >= 0.3 is 0 Å². The summed E-state index contributed by atoms with van der Waals surface area (Å²) in [5.74, 6) is 1.68. The number of rotatable bonds is 6. The Kier molecular flexibility index (Phi) is 5.99. The van der Waals surface area contributed by atoms with Crippen LogP contribution in [0.15, 0.2) is 70.9 Å². The van der Waals surface area contributed by atoms with Crippen LogP contribution in [0, 0.1) is 0 Å². The SMILES string of the molecule is COc1ccc(/C=N/N=C2\SCC(=O)N2Cc2cccc3ccccc23)cc1OC. The average molecular weight is 420 g/mol. The van der Waals surface area contributed by atoms with Crippen molar-refractivity contribution >= 4 is 39.8 Å². The summed E-state index contributed by atoms with van der Waals surface area (Å²) in [7, 11) is 3.18. The molecule has 0 spiro atoms. The van der Waals surface area contributed by atoms with E-state index >= 15 is 0 Å². The lowest BCUT2D eigenvalue weighted by molar-refractivity contribution is -0.124. The number of carbonyl (C=O) groups excluding carboxylic acids is 1. The third kappa shape index (κ3) is 4.16. The lowest BCUT2D eigenvalue weighted by Crippen LogP contribution is -2.28. The maximum Gasteiger partial charge on any atom is 0.239 e. The number of amidine groups is 1. The van der Waals surface area contributed by atoms with Crippen molar-refractivity contribution in [1.82, 2.24) is 4.90 Å². The molecule has 4 rings (SSSR count). The highest BCUT2D eigenvalue weighted by Gasteiger charge is 2.28. The molecule has 1 aliphatic rings. The molecule has 0 N–H and O–H groups in total. The number of benzene rings is 3. The molecule has 0 atom stereocenters. The molecule has 6 nitrogen and oxygen atoms in total. The third-order valence-corrected chi connectivity index (χ3v) is 5.77. The zero-order valence-corrected chi connectivity index (χ0v) is 17.6. The molecule has 30 heavy (non-hydrogen) atoms. The minimum Gasteiger partial charge on any atom is -0.493 e. The van der Waals surface area contributed by atoms with Crippen molar-refractivity contribution < 1.29 is 14.3 Å². The van der Waals surface area contributed by atoms with E-state index in [1.54, 1.807) is 25.3 Å². The van der Waals surface area contributed by atoms with E-state index in [2.05, 4.69) is 28.4 Å². The topological polar surface area (TPSA) is 63.5 Å². The van der Waals surface area contributed by atoms with Crippen molar-refractivity contribution in [1.29, 1.82) is 0 Å². The molecule has 0 radical (unpaired) electrons. The van der Waals surface area contributed by atoms with Gasteiger partial charge in [0.15, 0.2) is 16.7 Å². The highest BCUT2D eigenvalue weighted by Crippen LogP contribution is 2.28. The molecule has 1 heterocycles. The van der Waals surface area contributed by atoms with Gasteiger partial charge in [0.25, 0.3) is 0 Å². The molecule has 0 aliphatic carbocycles. The standard InChI is InChI=1S/C23H21N3O3S/c1-28-20-11-10-16(12-21(20)29-2)13-24-25-23-26(22(27)15-30-23)14-18-8-5-7-17-6-3-4-9-19(17)18/h3-13H,14-15H2,1-2H3/b24-13+,25-23-. The molecule has 3 aromatic carbocycles. The Balaban J connectivity index is 1.55. The normalized spacial score (nSPS) is 15.5. The fourth-order valence-electron chi connectivity index (χ4n) is 3.31. The van der Waals surface area contributed by atoms with Crippen LogP contribution in [0.25, 0.3) is 10.8 Å². The van der Waals surface area contributed by atoms with Crippen LogP contribution in [0.2, 0.25) is 0 Å². The first kappa shape index (κ1) is 20.0. The summed E-state index contributed by atoms with van der Waals surface area (Å²) in [6.45, 7) is 0.470. The van der Waals surface area contributed by atoms with Crippen LogP contribution in [0.1, 0.15) is 11.1 Å². The number of thioether (sulfide) groups is 1. The summed E-state index contributed by atoms with van der Waals surface area (Å²) in [6, 6.07) is 19.8. The number of ether oxygens (including phenoxy) is 2. The van der Waals surface area contributed by atoms with Gasteiger partial charge in [-0.2, -0.15) is 5.10 Å².